The number of halogens is 1. The lowest BCUT2D eigenvalue weighted by molar-refractivity contribution is -0.385. The molecule has 0 radical (unpaired) electrons. The number of hydrogen-bond acceptors (Lipinski definition) is 5. The van der Waals surface area contributed by atoms with Gasteiger partial charge in [-0.3, -0.25) is 14.9 Å². The van der Waals surface area contributed by atoms with Crippen LogP contribution in [0, 0.1) is 17.0 Å². The van der Waals surface area contributed by atoms with Crippen molar-refractivity contribution in [2.24, 2.45) is 0 Å². The van der Waals surface area contributed by atoms with Gasteiger partial charge in [-0.2, -0.15) is 0 Å². The second-order valence-electron chi connectivity index (χ2n) is 6.79. The molecule has 1 saturated heterocycles. The van der Waals surface area contributed by atoms with Crippen molar-refractivity contribution in [2.75, 3.05) is 42.9 Å². The van der Waals surface area contributed by atoms with Gasteiger partial charge in [0.25, 0.3) is 11.6 Å². The molecule has 7 nitrogen and oxygen atoms in total. The average molecular weight is 403 g/mol. The van der Waals surface area contributed by atoms with Gasteiger partial charge in [-0.15, -0.1) is 0 Å². The second-order valence-corrected chi connectivity index (χ2v) is 7.23. The summed E-state index contributed by atoms with van der Waals surface area (Å²) in [5.74, 6) is -0.532. The number of aryl methyl sites for hydroxylation is 1. The van der Waals surface area contributed by atoms with Gasteiger partial charge in [0.2, 0.25) is 0 Å². The number of amides is 1. The Hall–Kier alpha value is -2.64. The summed E-state index contributed by atoms with van der Waals surface area (Å²) in [5, 5.41) is 14.2. The van der Waals surface area contributed by atoms with Crippen LogP contribution in [0.5, 0.6) is 0 Å². The van der Waals surface area contributed by atoms with Crippen molar-refractivity contribution < 1.29 is 9.72 Å². The summed E-state index contributed by atoms with van der Waals surface area (Å²) < 4.78 is 0. The van der Waals surface area contributed by atoms with Gasteiger partial charge in [-0.05, 0) is 49.4 Å². The number of hydrogen-bond donors (Lipinski definition) is 1. The van der Waals surface area contributed by atoms with E-state index in [1.165, 1.54) is 18.2 Å². The van der Waals surface area contributed by atoms with Crippen LogP contribution in [0.2, 0.25) is 5.02 Å². The molecule has 1 aliphatic heterocycles. The number of nitro benzene ring substituents is 1. The first-order valence-corrected chi connectivity index (χ1v) is 9.60. The first kappa shape index (κ1) is 20.1. The van der Waals surface area contributed by atoms with Crippen LogP contribution in [0.3, 0.4) is 0 Å². The summed E-state index contributed by atoms with van der Waals surface area (Å²) in [5.41, 5.74) is 2.32. The Morgan fingerprint density at radius 3 is 2.50 bits per heavy atom. The highest BCUT2D eigenvalue weighted by atomic mass is 35.5. The van der Waals surface area contributed by atoms with Gasteiger partial charge in [0.05, 0.1) is 4.92 Å². The lowest BCUT2D eigenvalue weighted by atomic mass is 10.1. The smallest absolute Gasteiger partial charge is 0.283 e. The molecule has 148 valence electrons. The molecule has 3 rings (SSSR count). The van der Waals surface area contributed by atoms with Crippen molar-refractivity contribution in [1.82, 2.24) is 4.90 Å². The van der Waals surface area contributed by atoms with E-state index in [1.807, 2.05) is 25.1 Å². The van der Waals surface area contributed by atoms with Crippen LogP contribution in [-0.2, 0) is 0 Å². The maximum Gasteiger partial charge on any atom is 0.283 e. The number of nitrogens with one attached hydrogen (secondary N) is 1. The van der Waals surface area contributed by atoms with Crippen LogP contribution >= 0.6 is 11.6 Å². The molecule has 28 heavy (non-hydrogen) atoms. The quantitative estimate of drug-likeness (QED) is 0.605. The summed E-state index contributed by atoms with van der Waals surface area (Å²) >= 11 is 5.82. The fraction of sp³-hybridized carbons (Fsp3) is 0.350. The normalized spacial score (nSPS) is 14.8. The number of benzene rings is 2. The zero-order valence-corrected chi connectivity index (χ0v) is 16.7. The minimum atomic E-state index is -0.604. The molecule has 0 saturated carbocycles. The van der Waals surface area contributed by atoms with Crippen molar-refractivity contribution in [1.29, 1.82) is 0 Å². The lowest BCUT2D eigenvalue weighted by Crippen LogP contribution is -2.46. The van der Waals surface area contributed by atoms with Crippen LogP contribution in [0.1, 0.15) is 22.8 Å². The van der Waals surface area contributed by atoms with Gasteiger partial charge in [-0.1, -0.05) is 18.5 Å². The Morgan fingerprint density at radius 1 is 1.18 bits per heavy atom. The number of carbonyl (C=O) groups is 1. The maximum atomic E-state index is 12.6. The van der Waals surface area contributed by atoms with E-state index in [0.717, 1.165) is 44.0 Å². The second kappa shape index (κ2) is 8.58. The molecular formula is C20H23ClN4O3. The number of likely N-dealkylation sites (N-methyl/N-ethyl adjacent to an activating group) is 1. The van der Waals surface area contributed by atoms with E-state index in [2.05, 4.69) is 22.0 Å². The highest BCUT2D eigenvalue weighted by molar-refractivity contribution is 6.31. The maximum absolute atomic E-state index is 12.6. The Kier molecular flexibility index (Phi) is 6.16. The first-order valence-electron chi connectivity index (χ1n) is 9.22. The van der Waals surface area contributed by atoms with E-state index in [0.29, 0.717) is 5.69 Å². The third-order valence-corrected chi connectivity index (χ3v) is 5.28. The SMILES string of the molecule is CCN1CCN(c2ccc(NC(=O)c3ccc(Cl)cc3[N+](=O)[O-])c(C)c2)CC1. The molecule has 0 aliphatic carbocycles. The summed E-state index contributed by atoms with van der Waals surface area (Å²) in [6.45, 7) is 9.16. The largest absolute Gasteiger partial charge is 0.369 e. The van der Waals surface area contributed by atoms with Gasteiger partial charge in [0.15, 0.2) is 0 Å². The summed E-state index contributed by atoms with van der Waals surface area (Å²) in [6, 6.07) is 9.87. The standard InChI is InChI=1S/C20H23ClN4O3/c1-3-23-8-10-24(11-9-23)16-5-7-18(14(2)12-16)22-20(26)17-6-4-15(21)13-19(17)25(27)28/h4-7,12-13H,3,8-11H2,1-2H3,(H,22,26). The van der Waals surface area contributed by atoms with Crippen molar-refractivity contribution >= 4 is 34.6 Å². The number of rotatable bonds is 5. The monoisotopic (exact) mass is 402 g/mol. The number of nitrogens with zero attached hydrogens (tertiary/aromatic N) is 3. The Bertz CT molecular complexity index is 895. The molecule has 2 aromatic carbocycles. The molecule has 1 fully saturated rings. The zero-order valence-electron chi connectivity index (χ0n) is 15.9. The van der Waals surface area contributed by atoms with Crippen molar-refractivity contribution in [3.05, 3.63) is 62.7 Å². The molecule has 1 heterocycles. The van der Waals surface area contributed by atoms with Crippen LogP contribution in [-0.4, -0.2) is 48.5 Å². The average Bonchev–Trinajstić information content (AvgIpc) is 2.69. The Labute approximate surface area is 169 Å². The fourth-order valence-electron chi connectivity index (χ4n) is 3.34. The molecule has 1 amide bonds. The predicted octanol–water partition coefficient (Wildman–Crippen LogP) is 3.95. The van der Waals surface area contributed by atoms with Crippen LogP contribution in [0.4, 0.5) is 17.1 Å². The predicted molar refractivity (Wildman–Crippen MR) is 112 cm³/mol. The number of carbonyl (C=O) groups excluding carboxylic acids is 1. The minimum absolute atomic E-state index is 0.0198. The molecule has 8 heteroatoms. The van der Waals surface area contributed by atoms with Gasteiger partial charge in [-0.25, -0.2) is 0 Å². The molecule has 0 aromatic heterocycles. The summed E-state index contributed by atoms with van der Waals surface area (Å²) in [4.78, 5) is 27.9. The molecule has 0 spiro atoms. The van der Waals surface area contributed by atoms with Gasteiger partial charge in [0.1, 0.15) is 5.56 Å². The van der Waals surface area contributed by atoms with E-state index in [9.17, 15) is 14.9 Å². The van der Waals surface area contributed by atoms with Crippen molar-refractivity contribution in [2.45, 2.75) is 13.8 Å². The highest BCUT2D eigenvalue weighted by Crippen LogP contribution is 2.27. The van der Waals surface area contributed by atoms with Crippen LogP contribution in [0.25, 0.3) is 0 Å². The van der Waals surface area contributed by atoms with Gasteiger partial charge < -0.3 is 15.1 Å². The van der Waals surface area contributed by atoms with Gasteiger partial charge >= 0.3 is 0 Å². The molecular weight excluding hydrogens is 380 g/mol. The fourth-order valence-corrected chi connectivity index (χ4v) is 3.51. The minimum Gasteiger partial charge on any atom is -0.369 e. The molecule has 0 unspecified atom stereocenters. The molecule has 1 N–H and O–H groups in total. The van der Waals surface area contributed by atoms with Crippen molar-refractivity contribution in [3.8, 4) is 0 Å². The Balaban J connectivity index is 1.75. The molecule has 0 atom stereocenters. The number of piperazine rings is 1. The number of anilines is 2. The van der Waals surface area contributed by atoms with Crippen molar-refractivity contribution in [3.63, 3.8) is 0 Å². The summed E-state index contributed by atoms with van der Waals surface area (Å²) in [7, 11) is 0. The zero-order chi connectivity index (χ0) is 20.3. The van der Waals surface area contributed by atoms with Crippen LogP contribution < -0.4 is 10.2 Å². The van der Waals surface area contributed by atoms with Gasteiger partial charge in [0, 0.05) is 48.6 Å². The first-order chi connectivity index (χ1) is 13.4. The number of nitro groups is 1. The van der Waals surface area contributed by atoms with E-state index < -0.39 is 10.8 Å². The van der Waals surface area contributed by atoms with E-state index in [4.69, 9.17) is 11.6 Å². The van der Waals surface area contributed by atoms with E-state index in [1.54, 1.807) is 0 Å². The van der Waals surface area contributed by atoms with E-state index >= 15 is 0 Å². The van der Waals surface area contributed by atoms with Crippen LogP contribution in [0.15, 0.2) is 36.4 Å². The third kappa shape index (κ3) is 4.43. The Morgan fingerprint density at radius 2 is 1.89 bits per heavy atom. The van der Waals surface area contributed by atoms with E-state index in [-0.39, 0.29) is 16.3 Å². The third-order valence-electron chi connectivity index (χ3n) is 5.04. The highest BCUT2D eigenvalue weighted by Gasteiger charge is 2.21. The molecule has 1 aliphatic rings. The molecule has 0 bridgehead atoms. The molecule has 2 aromatic rings. The summed E-state index contributed by atoms with van der Waals surface area (Å²) in [6.07, 6.45) is 0. The topological polar surface area (TPSA) is 78.7 Å². The lowest BCUT2D eigenvalue weighted by Gasteiger charge is -2.35.